The van der Waals surface area contributed by atoms with Crippen molar-refractivity contribution in [2.24, 2.45) is 5.92 Å². The van der Waals surface area contributed by atoms with Crippen molar-refractivity contribution in [2.45, 2.75) is 30.8 Å². The summed E-state index contributed by atoms with van der Waals surface area (Å²) < 4.78 is 19.5. The number of phenolic OH excluding ortho intramolecular Hbond substituents is 1. The fourth-order valence-corrected chi connectivity index (χ4v) is 3.30. The predicted molar refractivity (Wildman–Crippen MR) is 117 cm³/mol. The Morgan fingerprint density at radius 3 is 2.55 bits per heavy atom. The van der Waals surface area contributed by atoms with Gasteiger partial charge in [-0.05, 0) is 67.0 Å². The van der Waals surface area contributed by atoms with E-state index in [-0.39, 0.29) is 5.92 Å². The molecular formula is C22H25FN2O5S. The molecule has 0 radical (unpaired) electrons. The number of carbonyl (C=O) groups excluding carboxylic acids is 2. The highest BCUT2D eigenvalue weighted by molar-refractivity contribution is 7.98. The van der Waals surface area contributed by atoms with Crippen LogP contribution < -0.4 is 10.8 Å². The number of ether oxygens (including phenoxy) is 1. The van der Waals surface area contributed by atoms with Crippen LogP contribution in [0.25, 0.3) is 0 Å². The number of nitrogens with one attached hydrogen (secondary N) is 2. The second kappa shape index (κ2) is 12.0. The van der Waals surface area contributed by atoms with E-state index in [1.165, 1.54) is 23.7 Å². The zero-order valence-electron chi connectivity index (χ0n) is 17.2. The number of carbonyl (C=O) groups is 2. The van der Waals surface area contributed by atoms with Crippen molar-refractivity contribution in [3.63, 3.8) is 0 Å². The van der Waals surface area contributed by atoms with Crippen LogP contribution in [0.2, 0.25) is 0 Å². The van der Waals surface area contributed by atoms with E-state index in [4.69, 9.17) is 9.94 Å². The number of phenols is 1. The van der Waals surface area contributed by atoms with Crippen molar-refractivity contribution >= 4 is 29.4 Å². The van der Waals surface area contributed by atoms with Crippen LogP contribution in [0, 0.1) is 11.7 Å². The number of allylic oxidation sites excluding steroid dienone is 1. The third-order valence-electron chi connectivity index (χ3n) is 4.56. The molecule has 0 saturated heterocycles. The quantitative estimate of drug-likeness (QED) is 0.186. The average molecular weight is 449 g/mol. The fourth-order valence-electron chi connectivity index (χ4n) is 2.89. The molecule has 0 aliphatic rings. The lowest BCUT2D eigenvalue weighted by atomic mass is 9.93. The van der Waals surface area contributed by atoms with Gasteiger partial charge in [0.05, 0.1) is 0 Å². The van der Waals surface area contributed by atoms with Crippen LogP contribution in [0.15, 0.2) is 59.5 Å². The lowest BCUT2D eigenvalue weighted by molar-refractivity contribution is -0.124. The van der Waals surface area contributed by atoms with Gasteiger partial charge in [-0.15, -0.1) is 11.8 Å². The third-order valence-corrected chi connectivity index (χ3v) is 5.30. The highest BCUT2D eigenvalue weighted by atomic mass is 32.2. The number of hydrogen-bond acceptors (Lipinski definition) is 6. The molecule has 4 N–H and O–H groups in total. The van der Waals surface area contributed by atoms with E-state index in [0.29, 0.717) is 24.1 Å². The molecule has 2 amide bonds. The standard InChI is InChI=1S/C22H25FN2O5S/c1-14(5-3-4-6-20(27)25-29)21(15-7-12-19(26)18(23)13-15)30-22(28)24-16-8-10-17(31-2)11-9-16/h4,6-14,21,26,29H,3,5H2,1-2H3,(H,24,28)(H,25,27)/b6-4+/t14-,21-/m0/s1. The summed E-state index contributed by atoms with van der Waals surface area (Å²) in [6.45, 7) is 1.83. The molecule has 7 nitrogen and oxygen atoms in total. The fraction of sp³-hybridized carbons (Fsp3) is 0.273. The van der Waals surface area contributed by atoms with E-state index in [1.807, 2.05) is 25.3 Å². The first-order valence-electron chi connectivity index (χ1n) is 9.54. The summed E-state index contributed by atoms with van der Waals surface area (Å²) in [6.07, 6.45) is 4.20. The van der Waals surface area contributed by atoms with Gasteiger partial charge in [0.15, 0.2) is 11.6 Å². The minimum atomic E-state index is -0.814. The Kier molecular flexibility index (Phi) is 9.36. The molecule has 0 heterocycles. The molecule has 0 spiro atoms. The van der Waals surface area contributed by atoms with Crippen molar-refractivity contribution in [3.05, 3.63) is 66.0 Å². The van der Waals surface area contributed by atoms with E-state index in [0.717, 1.165) is 11.0 Å². The Morgan fingerprint density at radius 1 is 1.23 bits per heavy atom. The minimum Gasteiger partial charge on any atom is -0.505 e. The monoisotopic (exact) mass is 448 g/mol. The maximum absolute atomic E-state index is 13.9. The van der Waals surface area contributed by atoms with Crippen molar-refractivity contribution in [3.8, 4) is 5.75 Å². The molecule has 0 saturated carbocycles. The maximum Gasteiger partial charge on any atom is 0.412 e. The Bertz CT molecular complexity index is 921. The molecule has 0 aliphatic carbocycles. The number of amides is 2. The molecule has 2 rings (SSSR count). The number of aromatic hydroxyl groups is 1. The van der Waals surface area contributed by atoms with Crippen LogP contribution in [-0.4, -0.2) is 28.6 Å². The molecule has 2 atom stereocenters. The average Bonchev–Trinajstić information content (AvgIpc) is 2.77. The van der Waals surface area contributed by atoms with Crippen LogP contribution in [0.1, 0.15) is 31.4 Å². The molecule has 0 aromatic heterocycles. The van der Waals surface area contributed by atoms with Gasteiger partial charge in [-0.2, -0.15) is 0 Å². The van der Waals surface area contributed by atoms with Gasteiger partial charge in [-0.1, -0.05) is 19.1 Å². The van der Waals surface area contributed by atoms with Crippen LogP contribution in [0.3, 0.4) is 0 Å². The second-order valence-corrected chi connectivity index (χ2v) is 7.70. The van der Waals surface area contributed by atoms with Crippen LogP contribution in [0.4, 0.5) is 14.9 Å². The Hall–Kier alpha value is -3.04. The lowest BCUT2D eigenvalue weighted by Crippen LogP contribution is -2.22. The smallest absolute Gasteiger partial charge is 0.412 e. The van der Waals surface area contributed by atoms with Crippen LogP contribution in [-0.2, 0) is 9.53 Å². The summed E-state index contributed by atoms with van der Waals surface area (Å²) in [4.78, 5) is 24.6. The normalized spacial score (nSPS) is 12.9. The zero-order valence-corrected chi connectivity index (χ0v) is 18.0. The largest absolute Gasteiger partial charge is 0.505 e. The summed E-state index contributed by atoms with van der Waals surface area (Å²) in [5.41, 5.74) is 2.45. The molecule has 2 aromatic carbocycles. The van der Waals surface area contributed by atoms with Crippen molar-refractivity contribution in [1.29, 1.82) is 0 Å². The van der Waals surface area contributed by atoms with E-state index in [9.17, 15) is 19.1 Å². The summed E-state index contributed by atoms with van der Waals surface area (Å²) in [6, 6.07) is 11.1. The zero-order chi connectivity index (χ0) is 22.8. The van der Waals surface area contributed by atoms with Gasteiger partial charge in [-0.25, -0.2) is 14.7 Å². The SMILES string of the molecule is CSc1ccc(NC(=O)O[C@H](c2ccc(O)c(F)c2)[C@@H](C)CC/C=C/C(=O)NO)cc1. The van der Waals surface area contributed by atoms with E-state index < -0.39 is 29.7 Å². The van der Waals surface area contributed by atoms with E-state index >= 15 is 0 Å². The van der Waals surface area contributed by atoms with Gasteiger partial charge < -0.3 is 9.84 Å². The van der Waals surface area contributed by atoms with Crippen LogP contribution in [0.5, 0.6) is 5.75 Å². The number of anilines is 1. The molecule has 166 valence electrons. The second-order valence-electron chi connectivity index (χ2n) is 6.82. The molecule has 0 unspecified atom stereocenters. The molecule has 9 heteroatoms. The third kappa shape index (κ3) is 7.62. The van der Waals surface area contributed by atoms with Gasteiger partial charge in [0.2, 0.25) is 0 Å². The van der Waals surface area contributed by atoms with Gasteiger partial charge in [0, 0.05) is 16.7 Å². The van der Waals surface area contributed by atoms with Crippen LogP contribution >= 0.6 is 11.8 Å². The first-order chi connectivity index (χ1) is 14.8. The van der Waals surface area contributed by atoms with E-state index in [2.05, 4.69) is 5.32 Å². The maximum atomic E-state index is 13.9. The highest BCUT2D eigenvalue weighted by Gasteiger charge is 2.24. The molecule has 0 fully saturated rings. The summed E-state index contributed by atoms with van der Waals surface area (Å²) in [5.74, 6) is -2.19. The van der Waals surface area contributed by atoms with Crippen molar-refractivity contribution in [2.75, 3.05) is 11.6 Å². The van der Waals surface area contributed by atoms with Gasteiger partial charge in [-0.3, -0.25) is 15.3 Å². The number of benzene rings is 2. The summed E-state index contributed by atoms with van der Waals surface area (Å²) in [7, 11) is 0. The molecule has 0 bridgehead atoms. The Balaban J connectivity index is 2.12. The van der Waals surface area contributed by atoms with Crippen molar-refractivity contribution in [1.82, 2.24) is 5.48 Å². The van der Waals surface area contributed by atoms with Gasteiger partial charge >= 0.3 is 6.09 Å². The summed E-state index contributed by atoms with van der Waals surface area (Å²) in [5, 5.41) is 20.6. The molecule has 0 aliphatic heterocycles. The first kappa shape index (κ1) is 24.2. The van der Waals surface area contributed by atoms with Crippen molar-refractivity contribution < 1.29 is 29.0 Å². The molecule has 31 heavy (non-hydrogen) atoms. The number of hydrogen-bond donors (Lipinski definition) is 4. The minimum absolute atomic E-state index is 0.240. The number of hydroxylamine groups is 1. The van der Waals surface area contributed by atoms with Gasteiger partial charge in [0.1, 0.15) is 6.10 Å². The molecule has 2 aromatic rings. The number of halogens is 1. The molecular weight excluding hydrogens is 423 g/mol. The Morgan fingerprint density at radius 2 is 1.94 bits per heavy atom. The topological polar surface area (TPSA) is 108 Å². The van der Waals surface area contributed by atoms with Gasteiger partial charge in [0.25, 0.3) is 5.91 Å². The lowest BCUT2D eigenvalue weighted by Gasteiger charge is -2.25. The Labute approximate surface area is 184 Å². The first-order valence-corrected chi connectivity index (χ1v) is 10.8. The number of thioether (sulfide) groups is 1. The predicted octanol–water partition coefficient (Wildman–Crippen LogP) is 5.02. The van der Waals surface area contributed by atoms with E-state index in [1.54, 1.807) is 30.0 Å². The number of rotatable bonds is 9. The highest BCUT2D eigenvalue weighted by Crippen LogP contribution is 2.32. The summed E-state index contributed by atoms with van der Waals surface area (Å²) >= 11 is 1.58.